The molecular weight excluding hydrogens is 348 g/mol. The van der Waals surface area contributed by atoms with Gasteiger partial charge < -0.3 is 4.74 Å². The lowest BCUT2D eigenvalue weighted by molar-refractivity contribution is 0.243. The number of aryl methyl sites for hydroxylation is 2. The minimum absolute atomic E-state index is 0.491. The highest BCUT2D eigenvalue weighted by molar-refractivity contribution is 5.29. The first kappa shape index (κ1) is 18.7. The topological polar surface area (TPSA) is 43.2 Å². The van der Waals surface area contributed by atoms with Gasteiger partial charge in [0.05, 0.1) is 11.4 Å². The fraction of sp³-hybridized carbons (Fsp3) is 0.391. The molecule has 1 aromatic carbocycles. The second-order valence-electron chi connectivity index (χ2n) is 7.67. The van der Waals surface area contributed by atoms with Crippen molar-refractivity contribution < 1.29 is 4.74 Å². The zero-order chi connectivity index (χ0) is 19.5. The summed E-state index contributed by atoms with van der Waals surface area (Å²) in [5.74, 6) is 0.896. The summed E-state index contributed by atoms with van der Waals surface area (Å²) in [4.78, 5) is 6.90. The molecule has 4 rings (SSSR count). The average Bonchev–Trinajstić information content (AvgIpc) is 3.52. The Labute approximate surface area is 167 Å². The third kappa shape index (κ3) is 4.42. The summed E-state index contributed by atoms with van der Waals surface area (Å²) in [7, 11) is 2.02. The molecule has 0 spiro atoms. The van der Waals surface area contributed by atoms with Crippen LogP contribution in [-0.4, -0.2) is 25.7 Å². The zero-order valence-corrected chi connectivity index (χ0v) is 16.9. The number of benzene rings is 1. The second kappa shape index (κ2) is 8.15. The second-order valence-corrected chi connectivity index (χ2v) is 7.67. The van der Waals surface area contributed by atoms with Crippen LogP contribution in [0.1, 0.15) is 41.1 Å². The van der Waals surface area contributed by atoms with Crippen LogP contribution in [-0.2, 0) is 26.7 Å². The van der Waals surface area contributed by atoms with E-state index in [1.165, 1.54) is 29.7 Å². The summed E-state index contributed by atoms with van der Waals surface area (Å²) in [6, 6.07) is 15.0. The highest BCUT2D eigenvalue weighted by Gasteiger charge is 2.30. The van der Waals surface area contributed by atoms with E-state index in [9.17, 15) is 0 Å². The van der Waals surface area contributed by atoms with E-state index in [1.54, 1.807) is 6.20 Å². The van der Waals surface area contributed by atoms with Crippen molar-refractivity contribution in [1.29, 1.82) is 0 Å². The molecule has 0 saturated heterocycles. The van der Waals surface area contributed by atoms with Crippen LogP contribution >= 0.6 is 0 Å². The molecule has 0 atom stereocenters. The molecule has 1 saturated carbocycles. The molecule has 0 radical (unpaired) electrons. The van der Waals surface area contributed by atoms with Crippen molar-refractivity contribution in [3.63, 3.8) is 0 Å². The Morgan fingerprint density at radius 1 is 1.11 bits per heavy atom. The molecule has 28 heavy (non-hydrogen) atoms. The lowest BCUT2D eigenvalue weighted by Gasteiger charge is -2.22. The molecule has 0 aliphatic heterocycles. The van der Waals surface area contributed by atoms with Gasteiger partial charge in [-0.05, 0) is 56.5 Å². The van der Waals surface area contributed by atoms with Crippen molar-refractivity contribution in [3.05, 3.63) is 76.9 Å². The normalized spacial score (nSPS) is 13.9. The van der Waals surface area contributed by atoms with Crippen molar-refractivity contribution in [2.75, 3.05) is 0 Å². The van der Waals surface area contributed by atoms with Crippen LogP contribution in [0.2, 0.25) is 0 Å². The predicted molar refractivity (Wildman–Crippen MR) is 110 cm³/mol. The molecule has 2 heterocycles. The van der Waals surface area contributed by atoms with Gasteiger partial charge >= 0.3 is 0 Å². The van der Waals surface area contributed by atoms with Gasteiger partial charge in [0.1, 0.15) is 12.4 Å². The standard InChI is InChI=1S/C23H28N4O/c1-17-23(18(2)26(3)25-17)15-27(21-10-11-21)14-19-7-6-9-22(13-19)28-16-20-8-4-5-12-24-20/h4-9,12-13,21H,10-11,14-16H2,1-3H3. The maximum atomic E-state index is 5.96. The van der Waals surface area contributed by atoms with Crippen LogP contribution in [0, 0.1) is 13.8 Å². The van der Waals surface area contributed by atoms with Gasteiger partial charge in [0.2, 0.25) is 0 Å². The Morgan fingerprint density at radius 3 is 2.64 bits per heavy atom. The fourth-order valence-corrected chi connectivity index (χ4v) is 3.61. The van der Waals surface area contributed by atoms with Crippen molar-refractivity contribution in [2.45, 2.75) is 52.4 Å². The Balaban J connectivity index is 1.44. The zero-order valence-electron chi connectivity index (χ0n) is 16.9. The van der Waals surface area contributed by atoms with Gasteiger partial charge in [-0.2, -0.15) is 5.10 Å². The molecule has 2 aromatic heterocycles. The van der Waals surface area contributed by atoms with E-state index in [2.05, 4.69) is 47.0 Å². The van der Waals surface area contributed by atoms with Crippen LogP contribution in [0.3, 0.4) is 0 Å². The fourth-order valence-electron chi connectivity index (χ4n) is 3.61. The summed E-state index contributed by atoms with van der Waals surface area (Å²) >= 11 is 0. The van der Waals surface area contributed by atoms with E-state index in [0.717, 1.165) is 30.2 Å². The van der Waals surface area contributed by atoms with Crippen molar-refractivity contribution in [1.82, 2.24) is 19.7 Å². The van der Waals surface area contributed by atoms with Crippen molar-refractivity contribution in [2.24, 2.45) is 7.05 Å². The molecule has 1 aliphatic rings. The maximum Gasteiger partial charge on any atom is 0.130 e. The molecule has 1 aliphatic carbocycles. The minimum atomic E-state index is 0.491. The SMILES string of the molecule is Cc1nn(C)c(C)c1CN(Cc1cccc(OCc2ccccn2)c1)C1CC1. The van der Waals surface area contributed by atoms with Crippen molar-refractivity contribution in [3.8, 4) is 5.75 Å². The summed E-state index contributed by atoms with van der Waals surface area (Å²) in [5.41, 5.74) is 5.98. The van der Waals surface area contributed by atoms with Crippen LogP contribution in [0.4, 0.5) is 0 Å². The summed E-state index contributed by atoms with van der Waals surface area (Å²) in [5, 5.41) is 4.58. The molecule has 0 unspecified atom stereocenters. The van der Waals surface area contributed by atoms with Gasteiger partial charge in [-0.1, -0.05) is 18.2 Å². The van der Waals surface area contributed by atoms with Gasteiger partial charge in [-0.25, -0.2) is 0 Å². The lowest BCUT2D eigenvalue weighted by atomic mass is 10.1. The number of hydrogen-bond donors (Lipinski definition) is 0. The van der Waals surface area contributed by atoms with Crippen LogP contribution in [0.5, 0.6) is 5.75 Å². The number of ether oxygens (including phenoxy) is 1. The largest absolute Gasteiger partial charge is 0.487 e. The highest BCUT2D eigenvalue weighted by Crippen LogP contribution is 2.31. The number of aromatic nitrogens is 3. The number of pyridine rings is 1. The predicted octanol–water partition coefficient (Wildman–Crippen LogP) is 4.18. The number of nitrogens with zero attached hydrogens (tertiary/aromatic N) is 4. The molecule has 146 valence electrons. The van der Waals surface area contributed by atoms with Gasteiger partial charge in [0.15, 0.2) is 0 Å². The quantitative estimate of drug-likeness (QED) is 0.592. The maximum absolute atomic E-state index is 5.96. The van der Waals surface area contributed by atoms with E-state index in [1.807, 2.05) is 36.0 Å². The Kier molecular flexibility index (Phi) is 5.44. The highest BCUT2D eigenvalue weighted by atomic mass is 16.5. The van der Waals surface area contributed by atoms with Crippen molar-refractivity contribution >= 4 is 0 Å². The van der Waals surface area contributed by atoms with Crippen LogP contribution in [0.25, 0.3) is 0 Å². The van der Waals surface area contributed by atoms with Gasteiger partial charge in [-0.15, -0.1) is 0 Å². The molecule has 3 aromatic rings. The van der Waals surface area contributed by atoms with Gasteiger partial charge in [0.25, 0.3) is 0 Å². The third-order valence-corrected chi connectivity index (χ3v) is 5.48. The third-order valence-electron chi connectivity index (χ3n) is 5.48. The van der Waals surface area contributed by atoms with E-state index < -0.39 is 0 Å². The monoisotopic (exact) mass is 376 g/mol. The van der Waals surface area contributed by atoms with Gasteiger partial charge in [0, 0.05) is 43.6 Å². The van der Waals surface area contributed by atoms with Crippen LogP contribution < -0.4 is 4.74 Å². The molecular formula is C23H28N4O. The smallest absolute Gasteiger partial charge is 0.130 e. The van der Waals surface area contributed by atoms with Gasteiger partial charge in [-0.3, -0.25) is 14.6 Å². The lowest BCUT2D eigenvalue weighted by Crippen LogP contribution is -2.25. The first-order valence-electron chi connectivity index (χ1n) is 9.95. The van der Waals surface area contributed by atoms with E-state index in [0.29, 0.717) is 12.6 Å². The summed E-state index contributed by atoms with van der Waals surface area (Å²) in [6.07, 6.45) is 4.37. The molecule has 5 nitrogen and oxygen atoms in total. The first-order chi connectivity index (χ1) is 13.6. The molecule has 1 fully saturated rings. The average molecular weight is 377 g/mol. The van der Waals surface area contributed by atoms with Crippen LogP contribution in [0.15, 0.2) is 48.7 Å². The van der Waals surface area contributed by atoms with E-state index in [-0.39, 0.29) is 0 Å². The Morgan fingerprint density at radius 2 is 1.96 bits per heavy atom. The minimum Gasteiger partial charge on any atom is -0.487 e. The summed E-state index contributed by atoms with van der Waals surface area (Å²) < 4.78 is 7.94. The summed E-state index contributed by atoms with van der Waals surface area (Å²) in [6.45, 7) is 6.64. The molecule has 0 N–H and O–H groups in total. The first-order valence-corrected chi connectivity index (χ1v) is 9.95. The number of rotatable bonds is 8. The van der Waals surface area contributed by atoms with E-state index >= 15 is 0 Å². The molecule has 0 bridgehead atoms. The Bertz CT molecular complexity index is 931. The van der Waals surface area contributed by atoms with E-state index in [4.69, 9.17) is 4.74 Å². The molecule has 5 heteroatoms. The number of hydrogen-bond acceptors (Lipinski definition) is 4. The Hall–Kier alpha value is -2.66. The molecule has 0 amide bonds.